The minimum Gasteiger partial charge on any atom is -0.376 e. The van der Waals surface area contributed by atoms with Gasteiger partial charge in [0.2, 0.25) is 5.78 Å². The van der Waals surface area contributed by atoms with E-state index in [0.717, 1.165) is 12.0 Å². The van der Waals surface area contributed by atoms with Crippen LogP contribution in [0.25, 0.3) is 0 Å². The van der Waals surface area contributed by atoms with Crippen LogP contribution >= 0.6 is 0 Å². The van der Waals surface area contributed by atoms with Gasteiger partial charge in [-0.25, -0.2) is 0 Å². The van der Waals surface area contributed by atoms with Gasteiger partial charge in [-0.1, -0.05) is 43.2 Å². The van der Waals surface area contributed by atoms with Crippen LogP contribution in [0, 0.1) is 11.8 Å². The Hall–Kier alpha value is -1.59. The molecule has 0 N–H and O–H groups in total. The summed E-state index contributed by atoms with van der Waals surface area (Å²) in [5.41, 5.74) is 1.16. The summed E-state index contributed by atoms with van der Waals surface area (Å²) in [4.78, 5) is 11.1. The minimum absolute atomic E-state index is 0.0237. The molecule has 0 aliphatic rings. The molecule has 17 heavy (non-hydrogen) atoms. The molecule has 1 aromatic rings. The average molecular weight is 230 g/mol. The van der Waals surface area contributed by atoms with Gasteiger partial charge in [0.05, 0.1) is 13.2 Å². The lowest BCUT2D eigenvalue weighted by atomic mass is 10.2. The highest BCUT2D eigenvalue weighted by atomic mass is 16.5. The number of ether oxygens (including phenoxy) is 1. The second kappa shape index (κ2) is 8.55. The molecule has 1 rings (SSSR count). The first-order valence-corrected chi connectivity index (χ1v) is 5.96. The van der Waals surface area contributed by atoms with Crippen molar-refractivity contribution in [3.63, 3.8) is 0 Å². The minimum atomic E-state index is 0.0237. The first-order chi connectivity index (χ1) is 8.33. The fourth-order valence-electron chi connectivity index (χ4n) is 1.34. The topological polar surface area (TPSA) is 26.3 Å². The molecule has 0 aliphatic heterocycles. The maximum absolute atomic E-state index is 11.1. The lowest BCUT2D eigenvalue weighted by molar-refractivity contribution is -0.113. The number of rotatable bonds is 6. The second-order valence-electron chi connectivity index (χ2n) is 3.76. The van der Waals surface area contributed by atoms with Crippen molar-refractivity contribution >= 4 is 5.78 Å². The van der Waals surface area contributed by atoms with Gasteiger partial charge in [0.25, 0.3) is 0 Å². The molecule has 0 fully saturated rings. The van der Waals surface area contributed by atoms with Gasteiger partial charge in [-0.05, 0) is 17.9 Å². The Morgan fingerprint density at radius 1 is 1.29 bits per heavy atom. The lowest BCUT2D eigenvalue weighted by Gasteiger charge is -2.00. The number of ketones is 1. The van der Waals surface area contributed by atoms with Crippen molar-refractivity contribution in [2.75, 3.05) is 6.61 Å². The summed E-state index contributed by atoms with van der Waals surface area (Å²) in [6.45, 7) is 3.15. The molecule has 0 aromatic heterocycles. The molecular weight excluding hydrogens is 212 g/mol. The van der Waals surface area contributed by atoms with Gasteiger partial charge in [-0.2, -0.15) is 0 Å². The summed E-state index contributed by atoms with van der Waals surface area (Å²) in [7, 11) is 0. The van der Waals surface area contributed by atoms with Gasteiger partial charge in [0, 0.05) is 12.8 Å². The number of hydrogen-bond acceptors (Lipinski definition) is 2. The van der Waals surface area contributed by atoms with Crippen LogP contribution < -0.4 is 0 Å². The molecule has 0 unspecified atom stereocenters. The fraction of sp³-hybridized carbons (Fsp3) is 0.400. The van der Waals surface area contributed by atoms with E-state index in [4.69, 9.17) is 4.74 Å². The highest BCUT2D eigenvalue weighted by Gasteiger charge is 1.92. The van der Waals surface area contributed by atoms with Crippen molar-refractivity contribution in [3.05, 3.63) is 35.9 Å². The Kier molecular flexibility index (Phi) is 6.78. The van der Waals surface area contributed by atoms with Gasteiger partial charge >= 0.3 is 0 Å². The molecule has 0 heterocycles. The van der Waals surface area contributed by atoms with Gasteiger partial charge in [-0.3, -0.25) is 4.79 Å². The normalized spacial score (nSPS) is 9.47. The molecule has 0 atom stereocenters. The summed E-state index contributed by atoms with van der Waals surface area (Å²) in [6.07, 6.45) is 2.03. The number of carbonyl (C=O) groups is 1. The Balaban J connectivity index is 2.11. The van der Waals surface area contributed by atoms with E-state index < -0.39 is 0 Å². The molecule has 1 aromatic carbocycles. The van der Waals surface area contributed by atoms with Crippen LogP contribution in [-0.4, -0.2) is 12.4 Å². The van der Waals surface area contributed by atoms with Crippen molar-refractivity contribution in [2.45, 2.75) is 32.8 Å². The van der Waals surface area contributed by atoms with Crippen LogP contribution in [0.2, 0.25) is 0 Å². The molecule has 2 heteroatoms. The first kappa shape index (κ1) is 13.5. The fourth-order valence-corrected chi connectivity index (χ4v) is 1.34. The standard InChI is InChI=1S/C15H18O2/c1-2-8-15(16)11-6-7-12-17-13-14-9-4-3-5-10-14/h3-5,9-10H,2,7-8,12-13H2,1H3. The Bertz CT molecular complexity index is 384. The van der Waals surface area contributed by atoms with E-state index in [1.807, 2.05) is 37.3 Å². The third kappa shape index (κ3) is 6.55. The molecule has 0 bridgehead atoms. The molecule has 2 nitrogen and oxygen atoms in total. The van der Waals surface area contributed by atoms with Crippen LogP contribution in [0.1, 0.15) is 31.7 Å². The van der Waals surface area contributed by atoms with Crippen molar-refractivity contribution < 1.29 is 9.53 Å². The highest BCUT2D eigenvalue weighted by Crippen LogP contribution is 2.00. The van der Waals surface area contributed by atoms with Gasteiger partial charge in [0.1, 0.15) is 0 Å². The first-order valence-electron chi connectivity index (χ1n) is 5.96. The molecule has 0 aliphatic carbocycles. The summed E-state index contributed by atoms with van der Waals surface area (Å²) in [6, 6.07) is 10.0. The van der Waals surface area contributed by atoms with Crippen molar-refractivity contribution in [1.29, 1.82) is 0 Å². The number of Topliss-reactive ketones (excluding diaryl/α,β-unsaturated/α-hetero) is 1. The molecule has 0 saturated carbocycles. The van der Waals surface area contributed by atoms with Gasteiger partial charge < -0.3 is 4.74 Å². The zero-order valence-electron chi connectivity index (χ0n) is 10.2. The lowest BCUT2D eigenvalue weighted by Crippen LogP contribution is -1.95. The largest absolute Gasteiger partial charge is 0.376 e. The van der Waals surface area contributed by atoms with E-state index in [9.17, 15) is 4.79 Å². The van der Waals surface area contributed by atoms with E-state index in [1.165, 1.54) is 0 Å². The summed E-state index contributed by atoms with van der Waals surface area (Å²) in [5, 5.41) is 0. The average Bonchev–Trinajstić information content (AvgIpc) is 2.35. The zero-order chi connectivity index (χ0) is 12.3. The third-order valence-corrected chi connectivity index (χ3v) is 2.19. The molecule has 0 spiro atoms. The molecular formula is C15H18O2. The molecule has 0 amide bonds. The monoisotopic (exact) mass is 230 g/mol. The van der Waals surface area contributed by atoms with Crippen molar-refractivity contribution in [2.24, 2.45) is 0 Å². The molecule has 90 valence electrons. The Morgan fingerprint density at radius 3 is 2.76 bits per heavy atom. The van der Waals surface area contributed by atoms with Gasteiger partial charge in [-0.15, -0.1) is 0 Å². The van der Waals surface area contributed by atoms with E-state index in [1.54, 1.807) is 0 Å². The Morgan fingerprint density at radius 2 is 2.06 bits per heavy atom. The van der Waals surface area contributed by atoms with Crippen LogP contribution in [0.3, 0.4) is 0 Å². The maximum atomic E-state index is 11.1. The smallest absolute Gasteiger partial charge is 0.205 e. The van der Waals surface area contributed by atoms with E-state index in [2.05, 4.69) is 11.8 Å². The quantitative estimate of drug-likeness (QED) is 0.426. The third-order valence-electron chi connectivity index (χ3n) is 2.19. The number of hydrogen-bond donors (Lipinski definition) is 0. The van der Waals surface area contributed by atoms with E-state index in [-0.39, 0.29) is 5.78 Å². The zero-order valence-corrected chi connectivity index (χ0v) is 10.2. The number of benzene rings is 1. The van der Waals surface area contributed by atoms with Crippen LogP contribution in [0.4, 0.5) is 0 Å². The van der Waals surface area contributed by atoms with Crippen molar-refractivity contribution in [1.82, 2.24) is 0 Å². The Labute approximate surface area is 103 Å². The summed E-state index contributed by atoms with van der Waals surface area (Å²) < 4.78 is 5.45. The SMILES string of the molecule is CCCC(=O)C#CCCOCc1ccccc1. The van der Waals surface area contributed by atoms with Crippen LogP contribution in [0.5, 0.6) is 0 Å². The summed E-state index contributed by atoms with van der Waals surface area (Å²) in [5.74, 6) is 5.47. The second-order valence-corrected chi connectivity index (χ2v) is 3.76. The predicted molar refractivity (Wildman–Crippen MR) is 68.4 cm³/mol. The van der Waals surface area contributed by atoms with Crippen LogP contribution in [-0.2, 0) is 16.1 Å². The highest BCUT2D eigenvalue weighted by molar-refractivity contribution is 5.95. The van der Waals surface area contributed by atoms with Crippen molar-refractivity contribution in [3.8, 4) is 11.8 Å². The molecule has 0 saturated heterocycles. The van der Waals surface area contributed by atoms with E-state index in [0.29, 0.717) is 26.1 Å². The maximum Gasteiger partial charge on any atom is 0.205 e. The summed E-state index contributed by atoms with van der Waals surface area (Å²) >= 11 is 0. The predicted octanol–water partition coefficient (Wildman–Crippen LogP) is 2.97. The number of carbonyl (C=O) groups excluding carboxylic acids is 1. The molecule has 0 radical (unpaired) electrons. The van der Waals surface area contributed by atoms with Gasteiger partial charge in [0.15, 0.2) is 0 Å². The van der Waals surface area contributed by atoms with Crippen LogP contribution in [0.15, 0.2) is 30.3 Å². The van der Waals surface area contributed by atoms with E-state index >= 15 is 0 Å².